The minimum absolute atomic E-state index is 0.0150. The second-order valence-corrected chi connectivity index (χ2v) is 7.53. The highest BCUT2D eigenvalue weighted by Crippen LogP contribution is 2.29. The molecule has 2 unspecified atom stereocenters. The van der Waals surface area contributed by atoms with E-state index in [4.69, 9.17) is 0 Å². The number of piperidine rings is 1. The zero-order valence-corrected chi connectivity index (χ0v) is 14.9. The van der Waals surface area contributed by atoms with E-state index >= 15 is 0 Å². The van der Waals surface area contributed by atoms with Crippen molar-refractivity contribution in [1.82, 2.24) is 14.8 Å². The normalized spacial score (nSPS) is 24.4. The quantitative estimate of drug-likeness (QED) is 0.914. The number of nitrogens with one attached hydrogen (secondary N) is 1. The van der Waals surface area contributed by atoms with Crippen molar-refractivity contribution in [3.8, 4) is 0 Å². The summed E-state index contributed by atoms with van der Waals surface area (Å²) < 4.78 is 0. The average molecular weight is 339 g/mol. The van der Waals surface area contributed by atoms with Crippen LogP contribution in [0.4, 0.5) is 0 Å². The number of para-hydroxylation sites is 1. The molecule has 0 bridgehead atoms. The van der Waals surface area contributed by atoms with Crippen LogP contribution in [-0.2, 0) is 4.79 Å². The molecule has 0 aliphatic carbocycles. The maximum Gasteiger partial charge on any atom is 0.256 e. The largest absolute Gasteiger partial charge is 0.360 e. The molecule has 2 amide bonds. The smallest absolute Gasteiger partial charge is 0.256 e. The van der Waals surface area contributed by atoms with Gasteiger partial charge in [-0.3, -0.25) is 9.59 Å². The summed E-state index contributed by atoms with van der Waals surface area (Å²) in [7, 11) is 0. The van der Waals surface area contributed by atoms with Crippen molar-refractivity contribution in [2.24, 2.45) is 5.92 Å². The second-order valence-electron chi connectivity index (χ2n) is 7.53. The van der Waals surface area contributed by atoms with E-state index in [1.165, 1.54) is 6.42 Å². The molecule has 5 nitrogen and oxygen atoms in total. The molecular formula is C20H25N3O2. The lowest BCUT2D eigenvalue weighted by molar-refractivity contribution is -0.146. The predicted molar refractivity (Wildman–Crippen MR) is 97.3 cm³/mol. The van der Waals surface area contributed by atoms with Crippen LogP contribution < -0.4 is 0 Å². The third kappa shape index (κ3) is 2.71. The van der Waals surface area contributed by atoms with E-state index in [2.05, 4.69) is 23.7 Å². The third-order valence-electron chi connectivity index (χ3n) is 5.79. The zero-order valence-electron chi connectivity index (χ0n) is 14.9. The number of fused-ring (bicyclic) bond motifs is 1. The SMILES string of the molecule is CC1CCCC(C)N1C(=O)C1CN(C(=O)c2c[nH]c3ccccc23)C1. The fourth-order valence-electron chi connectivity index (χ4n) is 4.29. The first-order chi connectivity index (χ1) is 12.1. The third-order valence-corrected chi connectivity index (χ3v) is 5.79. The summed E-state index contributed by atoms with van der Waals surface area (Å²) in [6, 6.07) is 8.44. The average Bonchev–Trinajstić information content (AvgIpc) is 2.97. The lowest BCUT2D eigenvalue weighted by atomic mass is 9.91. The molecule has 5 heteroatoms. The minimum atomic E-state index is -0.0443. The number of aromatic amines is 1. The molecule has 0 spiro atoms. The number of H-pyrrole nitrogens is 1. The molecule has 1 aromatic carbocycles. The van der Waals surface area contributed by atoms with Gasteiger partial charge in [-0.25, -0.2) is 0 Å². The van der Waals surface area contributed by atoms with E-state index in [9.17, 15) is 9.59 Å². The van der Waals surface area contributed by atoms with E-state index in [1.807, 2.05) is 24.3 Å². The van der Waals surface area contributed by atoms with Crippen LogP contribution in [0.5, 0.6) is 0 Å². The summed E-state index contributed by atoms with van der Waals surface area (Å²) in [5, 5.41) is 0.945. The molecule has 2 saturated heterocycles. The van der Waals surface area contributed by atoms with Crippen molar-refractivity contribution in [1.29, 1.82) is 0 Å². The van der Waals surface area contributed by atoms with Gasteiger partial charge in [-0.05, 0) is 39.2 Å². The van der Waals surface area contributed by atoms with Gasteiger partial charge in [0.25, 0.3) is 5.91 Å². The summed E-state index contributed by atoms with van der Waals surface area (Å²) in [5.41, 5.74) is 1.66. The van der Waals surface area contributed by atoms with E-state index in [0.29, 0.717) is 30.7 Å². The summed E-state index contributed by atoms with van der Waals surface area (Å²) in [6.45, 7) is 5.35. The molecule has 25 heavy (non-hydrogen) atoms. The van der Waals surface area contributed by atoms with Gasteiger partial charge in [0.2, 0.25) is 5.91 Å². The number of hydrogen-bond donors (Lipinski definition) is 1. The molecule has 0 radical (unpaired) electrons. The number of carbonyl (C=O) groups is 2. The number of rotatable bonds is 2. The highest BCUT2D eigenvalue weighted by Gasteiger charge is 2.41. The first kappa shape index (κ1) is 16.2. The van der Waals surface area contributed by atoms with Crippen molar-refractivity contribution in [3.05, 3.63) is 36.0 Å². The van der Waals surface area contributed by atoms with Crippen LogP contribution in [0, 0.1) is 5.92 Å². The highest BCUT2D eigenvalue weighted by molar-refractivity contribution is 6.07. The van der Waals surface area contributed by atoms with Gasteiger partial charge in [-0.2, -0.15) is 0 Å². The Labute approximate surface area is 148 Å². The lowest BCUT2D eigenvalue weighted by Crippen LogP contribution is -2.59. The Morgan fingerprint density at radius 2 is 1.76 bits per heavy atom. The molecule has 2 aliphatic heterocycles. The van der Waals surface area contributed by atoms with Gasteiger partial charge in [-0.15, -0.1) is 0 Å². The number of nitrogens with zero attached hydrogens (tertiary/aromatic N) is 2. The summed E-state index contributed by atoms with van der Waals surface area (Å²) >= 11 is 0. The Hall–Kier alpha value is -2.30. The van der Waals surface area contributed by atoms with Gasteiger partial charge in [0.1, 0.15) is 0 Å². The number of amides is 2. The first-order valence-corrected chi connectivity index (χ1v) is 9.24. The highest BCUT2D eigenvalue weighted by atomic mass is 16.2. The monoisotopic (exact) mass is 339 g/mol. The van der Waals surface area contributed by atoms with Crippen molar-refractivity contribution in [2.45, 2.75) is 45.2 Å². The standard InChI is InChI=1S/C20H25N3O2/c1-13-6-5-7-14(2)23(13)19(24)15-11-22(12-15)20(25)17-10-21-18-9-4-3-8-16(17)18/h3-4,8-10,13-15,21H,5-7,11-12H2,1-2H3. The summed E-state index contributed by atoms with van der Waals surface area (Å²) in [4.78, 5) is 32.6. The Balaban J connectivity index is 1.43. The van der Waals surface area contributed by atoms with E-state index in [0.717, 1.165) is 23.7 Å². The van der Waals surface area contributed by atoms with Crippen molar-refractivity contribution in [3.63, 3.8) is 0 Å². The number of hydrogen-bond acceptors (Lipinski definition) is 2. The van der Waals surface area contributed by atoms with Crippen LogP contribution >= 0.6 is 0 Å². The maximum absolute atomic E-state index is 12.9. The molecule has 3 heterocycles. The molecule has 0 saturated carbocycles. The molecule has 1 aromatic heterocycles. The van der Waals surface area contributed by atoms with Crippen LogP contribution in [-0.4, -0.2) is 51.8 Å². The molecular weight excluding hydrogens is 314 g/mol. The van der Waals surface area contributed by atoms with Gasteiger partial charge in [0, 0.05) is 42.3 Å². The van der Waals surface area contributed by atoms with Crippen LogP contribution in [0.1, 0.15) is 43.5 Å². The Morgan fingerprint density at radius 3 is 2.48 bits per heavy atom. The van der Waals surface area contributed by atoms with Crippen molar-refractivity contribution in [2.75, 3.05) is 13.1 Å². The molecule has 2 atom stereocenters. The number of benzene rings is 1. The van der Waals surface area contributed by atoms with Gasteiger partial charge >= 0.3 is 0 Å². The Kier molecular flexibility index (Phi) is 4.02. The Bertz CT molecular complexity index is 796. The van der Waals surface area contributed by atoms with Crippen LogP contribution in [0.2, 0.25) is 0 Å². The first-order valence-electron chi connectivity index (χ1n) is 9.24. The van der Waals surface area contributed by atoms with E-state index in [-0.39, 0.29) is 17.7 Å². The Morgan fingerprint density at radius 1 is 1.08 bits per heavy atom. The summed E-state index contributed by atoms with van der Waals surface area (Å²) in [6.07, 6.45) is 5.14. The molecule has 2 aromatic rings. The zero-order chi connectivity index (χ0) is 17.6. The maximum atomic E-state index is 12.9. The van der Waals surface area contributed by atoms with E-state index in [1.54, 1.807) is 11.1 Å². The predicted octanol–water partition coefficient (Wildman–Crippen LogP) is 3.03. The fraction of sp³-hybridized carbons (Fsp3) is 0.500. The number of carbonyl (C=O) groups excluding carboxylic acids is 2. The molecule has 132 valence electrons. The molecule has 1 N–H and O–H groups in total. The number of likely N-dealkylation sites (tertiary alicyclic amines) is 2. The van der Waals surface area contributed by atoms with Crippen LogP contribution in [0.25, 0.3) is 10.9 Å². The van der Waals surface area contributed by atoms with E-state index < -0.39 is 0 Å². The number of aromatic nitrogens is 1. The summed E-state index contributed by atoms with van der Waals surface area (Å²) in [5.74, 6) is 0.195. The van der Waals surface area contributed by atoms with Crippen LogP contribution in [0.3, 0.4) is 0 Å². The fourth-order valence-corrected chi connectivity index (χ4v) is 4.29. The minimum Gasteiger partial charge on any atom is -0.360 e. The topological polar surface area (TPSA) is 56.4 Å². The van der Waals surface area contributed by atoms with Gasteiger partial charge in [0.15, 0.2) is 0 Å². The van der Waals surface area contributed by atoms with Gasteiger partial charge in [0.05, 0.1) is 11.5 Å². The molecule has 4 rings (SSSR count). The molecule has 2 aliphatic rings. The lowest BCUT2D eigenvalue weighted by Gasteiger charge is -2.45. The van der Waals surface area contributed by atoms with Gasteiger partial charge < -0.3 is 14.8 Å². The van der Waals surface area contributed by atoms with Gasteiger partial charge in [-0.1, -0.05) is 18.2 Å². The van der Waals surface area contributed by atoms with Crippen LogP contribution in [0.15, 0.2) is 30.5 Å². The second kappa shape index (κ2) is 6.21. The van der Waals surface area contributed by atoms with Crippen molar-refractivity contribution >= 4 is 22.7 Å². The molecule has 2 fully saturated rings. The van der Waals surface area contributed by atoms with Crippen molar-refractivity contribution < 1.29 is 9.59 Å².